The van der Waals surface area contributed by atoms with Crippen molar-refractivity contribution in [1.29, 1.82) is 0 Å². The minimum atomic E-state index is -4.20. The van der Waals surface area contributed by atoms with Gasteiger partial charge >= 0.3 is 12.2 Å². The van der Waals surface area contributed by atoms with Crippen molar-refractivity contribution in [2.24, 2.45) is 23.7 Å². The maximum Gasteiger partial charge on any atom is 0.393 e. The normalized spacial score (nSPS) is 36.5. The van der Waals surface area contributed by atoms with Crippen LogP contribution in [0.25, 0.3) is 0 Å². The van der Waals surface area contributed by atoms with Crippen molar-refractivity contribution in [3.05, 3.63) is 0 Å². The number of hydrogen-bond acceptors (Lipinski definition) is 1. The summed E-state index contributed by atoms with van der Waals surface area (Å²) in [6.07, 6.45) is 1.35. The number of alkyl halides is 3. The molecule has 5 atom stereocenters. The summed E-state index contributed by atoms with van der Waals surface area (Å²) in [7, 11) is 0. The summed E-state index contributed by atoms with van der Waals surface area (Å²) in [5, 5.41) is 2.97. The SMILES string of the molecule is C[C@H](NC(=O)N1CCC[C@@H](C(F)(F)F)C1)[C@H]1C[C@H]2CC[C@H]1C2. The van der Waals surface area contributed by atoms with Crippen molar-refractivity contribution in [2.45, 2.75) is 57.7 Å². The Morgan fingerprint density at radius 2 is 2.00 bits per heavy atom. The molecule has 3 nitrogen and oxygen atoms in total. The molecule has 1 heterocycles. The fraction of sp³-hybridized carbons (Fsp3) is 0.938. The van der Waals surface area contributed by atoms with Gasteiger partial charge in [-0.1, -0.05) is 6.42 Å². The average molecular weight is 318 g/mol. The van der Waals surface area contributed by atoms with E-state index < -0.39 is 12.1 Å². The Morgan fingerprint density at radius 1 is 1.23 bits per heavy atom. The maximum absolute atomic E-state index is 12.8. The molecule has 2 aliphatic carbocycles. The van der Waals surface area contributed by atoms with Crippen LogP contribution in [0.4, 0.5) is 18.0 Å². The maximum atomic E-state index is 12.8. The highest BCUT2D eigenvalue weighted by Crippen LogP contribution is 2.49. The van der Waals surface area contributed by atoms with Gasteiger partial charge in [0.15, 0.2) is 0 Å². The van der Waals surface area contributed by atoms with Gasteiger partial charge in [0.25, 0.3) is 0 Å². The molecule has 6 heteroatoms. The Morgan fingerprint density at radius 3 is 2.59 bits per heavy atom. The molecule has 2 amide bonds. The monoisotopic (exact) mass is 318 g/mol. The number of halogens is 3. The molecule has 3 fully saturated rings. The van der Waals surface area contributed by atoms with Crippen LogP contribution < -0.4 is 5.32 Å². The van der Waals surface area contributed by atoms with Crippen LogP contribution in [-0.4, -0.2) is 36.2 Å². The summed E-state index contributed by atoms with van der Waals surface area (Å²) in [4.78, 5) is 13.6. The van der Waals surface area contributed by atoms with E-state index in [9.17, 15) is 18.0 Å². The molecular weight excluding hydrogens is 293 g/mol. The third-order valence-electron chi connectivity index (χ3n) is 5.96. The highest BCUT2D eigenvalue weighted by atomic mass is 19.4. The zero-order chi connectivity index (χ0) is 15.9. The lowest BCUT2D eigenvalue weighted by Gasteiger charge is -2.36. The Kier molecular flexibility index (Phi) is 4.29. The van der Waals surface area contributed by atoms with E-state index in [1.165, 1.54) is 24.2 Å². The molecule has 0 aromatic carbocycles. The Hall–Kier alpha value is -0.940. The lowest BCUT2D eigenvalue weighted by Crippen LogP contribution is -2.52. The van der Waals surface area contributed by atoms with Crippen LogP contribution in [0.3, 0.4) is 0 Å². The van der Waals surface area contributed by atoms with Crippen LogP contribution >= 0.6 is 0 Å². The average Bonchev–Trinajstić information content (AvgIpc) is 3.09. The summed E-state index contributed by atoms with van der Waals surface area (Å²) in [5.41, 5.74) is 0. The van der Waals surface area contributed by atoms with E-state index in [4.69, 9.17) is 0 Å². The van der Waals surface area contributed by atoms with Crippen molar-refractivity contribution in [3.8, 4) is 0 Å². The molecule has 0 aromatic heterocycles. The second-order valence-corrected chi connectivity index (χ2v) is 7.40. The molecular formula is C16H25F3N2O. The number of carbonyl (C=O) groups is 1. The third-order valence-corrected chi connectivity index (χ3v) is 5.96. The van der Waals surface area contributed by atoms with Crippen molar-refractivity contribution < 1.29 is 18.0 Å². The van der Waals surface area contributed by atoms with Gasteiger partial charge in [0.2, 0.25) is 0 Å². The number of nitrogens with zero attached hydrogens (tertiary/aromatic N) is 1. The molecule has 0 spiro atoms. The third kappa shape index (κ3) is 3.20. The van der Waals surface area contributed by atoms with Gasteiger partial charge in [-0.05, 0) is 56.8 Å². The van der Waals surface area contributed by atoms with E-state index in [1.807, 2.05) is 6.92 Å². The highest BCUT2D eigenvalue weighted by Gasteiger charge is 2.44. The molecule has 0 unspecified atom stereocenters. The van der Waals surface area contributed by atoms with Crippen LogP contribution in [0, 0.1) is 23.7 Å². The quantitative estimate of drug-likeness (QED) is 0.825. The van der Waals surface area contributed by atoms with Crippen LogP contribution in [0.15, 0.2) is 0 Å². The number of nitrogens with one attached hydrogen (secondary N) is 1. The highest BCUT2D eigenvalue weighted by molar-refractivity contribution is 5.74. The van der Waals surface area contributed by atoms with Crippen LogP contribution in [0.5, 0.6) is 0 Å². The first-order chi connectivity index (χ1) is 10.3. The number of hydrogen-bond donors (Lipinski definition) is 1. The topological polar surface area (TPSA) is 32.3 Å². The largest absolute Gasteiger partial charge is 0.393 e. The summed E-state index contributed by atoms with van der Waals surface area (Å²) in [6, 6.07) is -0.252. The predicted molar refractivity (Wildman–Crippen MR) is 77.3 cm³/mol. The molecule has 1 saturated heterocycles. The zero-order valence-electron chi connectivity index (χ0n) is 13.0. The lowest BCUT2D eigenvalue weighted by molar-refractivity contribution is -0.184. The number of fused-ring (bicyclic) bond motifs is 2. The van der Waals surface area contributed by atoms with Crippen LogP contribution in [0.2, 0.25) is 0 Å². The fourth-order valence-electron chi connectivity index (χ4n) is 4.73. The number of rotatable bonds is 2. The molecule has 0 aromatic rings. The Labute approximate surface area is 129 Å². The predicted octanol–water partition coefficient (Wildman–Crippen LogP) is 3.80. The second kappa shape index (κ2) is 5.93. The number of likely N-dealkylation sites (tertiary alicyclic amines) is 1. The molecule has 3 aliphatic rings. The summed E-state index contributed by atoms with van der Waals surface area (Å²) < 4.78 is 38.5. The van der Waals surface area contributed by atoms with E-state index in [0.717, 1.165) is 12.3 Å². The molecule has 0 radical (unpaired) electrons. The summed E-state index contributed by atoms with van der Waals surface area (Å²) in [6.45, 7) is 2.25. The van der Waals surface area contributed by atoms with Crippen molar-refractivity contribution >= 4 is 6.03 Å². The molecule has 22 heavy (non-hydrogen) atoms. The molecule has 126 valence electrons. The standard InChI is InChI=1S/C16H25F3N2O/c1-10(14-8-11-4-5-12(14)7-11)20-15(22)21-6-2-3-13(9-21)16(17,18)19/h10-14H,2-9H2,1H3,(H,20,22)/t10-,11-,12-,13+,14+/m0/s1. The van der Waals surface area contributed by atoms with Gasteiger partial charge in [-0.3, -0.25) is 0 Å². The van der Waals surface area contributed by atoms with Gasteiger partial charge in [-0.25, -0.2) is 4.79 Å². The minimum Gasteiger partial charge on any atom is -0.335 e. The first kappa shape index (κ1) is 15.9. The smallest absolute Gasteiger partial charge is 0.335 e. The molecule has 3 rings (SSSR count). The lowest BCUT2D eigenvalue weighted by atomic mass is 9.84. The minimum absolute atomic E-state index is 0.0639. The van der Waals surface area contributed by atoms with Gasteiger partial charge in [0.05, 0.1) is 5.92 Å². The zero-order valence-corrected chi connectivity index (χ0v) is 13.0. The van der Waals surface area contributed by atoms with Gasteiger partial charge < -0.3 is 10.2 Å². The van der Waals surface area contributed by atoms with Crippen molar-refractivity contribution in [1.82, 2.24) is 10.2 Å². The van der Waals surface area contributed by atoms with Crippen LogP contribution in [0.1, 0.15) is 45.4 Å². The van der Waals surface area contributed by atoms with Crippen LogP contribution in [-0.2, 0) is 0 Å². The Balaban J connectivity index is 1.53. The first-order valence-electron chi connectivity index (χ1n) is 8.46. The summed E-state index contributed by atoms with van der Waals surface area (Å²) >= 11 is 0. The van der Waals surface area contributed by atoms with Crippen molar-refractivity contribution in [2.75, 3.05) is 13.1 Å². The fourth-order valence-corrected chi connectivity index (χ4v) is 4.73. The van der Waals surface area contributed by atoms with Gasteiger partial charge in [0.1, 0.15) is 0 Å². The number of urea groups is 1. The number of amides is 2. The molecule has 2 saturated carbocycles. The van der Waals surface area contributed by atoms with E-state index in [-0.39, 0.29) is 25.0 Å². The Bertz CT molecular complexity index is 426. The summed E-state index contributed by atoms with van der Waals surface area (Å²) in [5.74, 6) is 0.638. The molecule has 1 aliphatic heterocycles. The molecule has 2 bridgehead atoms. The second-order valence-electron chi connectivity index (χ2n) is 7.40. The van der Waals surface area contributed by atoms with Crippen molar-refractivity contribution in [3.63, 3.8) is 0 Å². The molecule has 1 N–H and O–H groups in total. The van der Waals surface area contributed by atoms with E-state index in [2.05, 4.69) is 5.32 Å². The van der Waals surface area contributed by atoms with Gasteiger partial charge in [-0.2, -0.15) is 13.2 Å². The first-order valence-corrected chi connectivity index (χ1v) is 8.46. The van der Waals surface area contributed by atoms with E-state index in [1.54, 1.807) is 0 Å². The number of piperidine rings is 1. The van der Waals surface area contributed by atoms with E-state index >= 15 is 0 Å². The van der Waals surface area contributed by atoms with Gasteiger partial charge in [-0.15, -0.1) is 0 Å². The van der Waals surface area contributed by atoms with Gasteiger partial charge in [0, 0.05) is 19.1 Å². The number of carbonyl (C=O) groups excluding carboxylic acids is 1. The van der Waals surface area contributed by atoms with E-state index in [0.29, 0.717) is 24.8 Å².